The average Bonchev–Trinajstić information content (AvgIpc) is 3.09. The number of ether oxygens (including phenoxy) is 2. The van der Waals surface area contributed by atoms with E-state index in [1.807, 2.05) is 13.8 Å². The SMILES string of the molecule is CCOc1ccc(C(=O)NC(Cn2nccn2)C(C)C)cc1OCC. The first-order chi connectivity index (χ1) is 12.0. The van der Waals surface area contributed by atoms with Crippen molar-refractivity contribution in [3.05, 3.63) is 36.2 Å². The van der Waals surface area contributed by atoms with Crippen LogP contribution < -0.4 is 14.8 Å². The fraction of sp³-hybridized carbons (Fsp3) is 0.500. The first-order valence-electron chi connectivity index (χ1n) is 8.59. The molecule has 0 saturated heterocycles. The van der Waals surface area contributed by atoms with Crippen LogP contribution in [0.4, 0.5) is 0 Å². The number of rotatable bonds is 9. The van der Waals surface area contributed by atoms with Gasteiger partial charge in [-0.25, -0.2) is 0 Å². The molecule has 1 N–H and O–H groups in total. The lowest BCUT2D eigenvalue weighted by Crippen LogP contribution is -2.42. The molecule has 136 valence electrons. The molecule has 1 aromatic heterocycles. The van der Waals surface area contributed by atoms with Crippen molar-refractivity contribution < 1.29 is 14.3 Å². The fourth-order valence-corrected chi connectivity index (χ4v) is 2.38. The van der Waals surface area contributed by atoms with Crippen LogP contribution in [0.3, 0.4) is 0 Å². The molecule has 0 spiro atoms. The predicted molar refractivity (Wildman–Crippen MR) is 94.9 cm³/mol. The lowest BCUT2D eigenvalue weighted by molar-refractivity contribution is 0.0917. The Morgan fingerprint density at radius 2 is 1.76 bits per heavy atom. The standard InChI is InChI=1S/C18H26N4O3/c1-5-24-16-8-7-14(11-17(16)25-6-2)18(23)21-15(13(3)4)12-22-19-9-10-20-22/h7-11,13,15H,5-6,12H2,1-4H3,(H,21,23). The zero-order valence-corrected chi connectivity index (χ0v) is 15.2. The van der Waals surface area contributed by atoms with Gasteiger partial charge in [-0.2, -0.15) is 15.0 Å². The Balaban J connectivity index is 2.13. The van der Waals surface area contributed by atoms with Gasteiger partial charge in [0.15, 0.2) is 11.5 Å². The summed E-state index contributed by atoms with van der Waals surface area (Å²) in [4.78, 5) is 14.2. The van der Waals surface area contributed by atoms with Gasteiger partial charge in [0.1, 0.15) is 0 Å². The Hall–Kier alpha value is -2.57. The third kappa shape index (κ3) is 5.20. The lowest BCUT2D eigenvalue weighted by atomic mass is 10.0. The number of nitrogens with zero attached hydrogens (tertiary/aromatic N) is 3. The van der Waals surface area contributed by atoms with E-state index in [2.05, 4.69) is 29.4 Å². The van der Waals surface area contributed by atoms with Crippen LogP contribution in [-0.4, -0.2) is 40.2 Å². The van der Waals surface area contributed by atoms with Gasteiger partial charge in [-0.3, -0.25) is 4.79 Å². The normalized spacial score (nSPS) is 12.0. The molecule has 2 rings (SSSR count). The van der Waals surface area contributed by atoms with E-state index in [0.29, 0.717) is 36.8 Å². The minimum atomic E-state index is -0.158. The van der Waals surface area contributed by atoms with Crippen molar-refractivity contribution in [2.75, 3.05) is 13.2 Å². The van der Waals surface area contributed by atoms with E-state index >= 15 is 0 Å². The van der Waals surface area contributed by atoms with E-state index in [9.17, 15) is 4.79 Å². The molecule has 1 unspecified atom stereocenters. The number of amides is 1. The van der Waals surface area contributed by atoms with Gasteiger partial charge in [0.25, 0.3) is 5.91 Å². The predicted octanol–water partition coefficient (Wildman–Crippen LogP) is 2.53. The summed E-state index contributed by atoms with van der Waals surface area (Å²) >= 11 is 0. The molecule has 1 amide bonds. The average molecular weight is 346 g/mol. The molecule has 0 aliphatic heterocycles. The molecule has 0 aliphatic carbocycles. The number of hydrogen-bond acceptors (Lipinski definition) is 5. The van der Waals surface area contributed by atoms with Crippen molar-refractivity contribution in [1.82, 2.24) is 20.3 Å². The molecule has 1 atom stereocenters. The second kappa shape index (κ2) is 9.05. The zero-order chi connectivity index (χ0) is 18.2. The minimum Gasteiger partial charge on any atom is -0.490 e. The second-order valence-corrected chi connectivity index (χ2v) is 5.94. The van der Waals surface area contributed by atoms with E-state index in [-0.39, 0.29) is 17.9 Å². The molecular weight excluding hydrogens is 320 g/mol. The molecule has 7 nitrogen and oxygen atoms in total. The maximum Gasteiger partial charge on any atom is 0.251 e. The zero-order valence-electron chi connectivity index (χ0n) is 15.2. The monoisotopic (exact) mass is 346 g/mol. The van der Waals surface area contributed by atoms with Crippen molar-refractivity contribution in [3.63, 3.8) is 0 Å². The van der Waals surface area contributed by atoms with Gasteiger partial charge in [0, 0.05) is 5.56 Å². The van der Waals surface area contributed by atoms with E-state index < -0.39 is 0 Å². The smallest absolute Gasteiger partial charge is 0.251 e. The largest absolute Gasteiger partial charge is 0.490 e. The van der Waals surface area contributed by atoms with Crippen molar-refractivity contribution >= 4 is 5.91 Å². The van der Waals surface area contributed by atoms with Crippen molar-refractivity contribution in [1.29, 1.82) is 0 Å². The Labute approximate surface area is 148 Å². The third-order valence-electron chi connectivity index (χ3n) is 3.75. The number of benzene rings is 1. The molecular formula is C18H26N4O3. The molecule has 1 aromatic carbocycles. The maximum atomic E-state index is 12.7. The van der Waals surface area contributed by atoms with Crippen LogP contribution in [-0.2, 0) is 6.54 Å². The van der Waals surface area contributed by atoms with Crippen LogP contribution in [0.2, 0.25) is 0 Å². The van der Waals surface area contributed by atoms with Gasteiger partial charge in [0.2, 0.25) is 0 Å². The van der Waals surface area contributed by atoms with Crippen LogP contribution in [0.15, 0.2) is 30.6 Å². The first kappa shape index (κ1) is 18.8. The van der Waals surface area contributed by atoms with Gasteiger partial charge in [-0.05, 0) is 38.0 Å². The topological polar surface area (TPSA) is 78.3 Å². The highest BCUT2D eigenvalue weighted by Gasteiger charge is 2.19. The van der Waals surface area contributed by atoms with Crippen LogP contribution in [0.25, 0.3) is 0 Å². The maximum absolute atomic E-state index is 12.7. The quantitative estimate of drug-likeness (QED) is 0.755. The minimum absolute atomic E-state index is 0.0815. The molecule has 0 radical (unpaired) electrons. The van der Waals surface area contributed by atoms with Crippen LogP contribution in [0.5, 0.6) is 11.5 Å². The molecule has 0 saturated carbocycles. The van der Waals surface area contributed by atoms with Gasteiger partial charge in [-0.15, -0.1) is 0 Å². The fourth-order valence-electron chi connectivity index (χ4n) is 2.38. The Morgan fingerprint density at radius 3 is 2.36 bits per heavy atom. The number of hydrogen-bond donors (Lipinski definition) is 1. The van der Waals surface area contributed by atoms with Crippen LogP contribution in [0, 0.1) is 5.92 Å². The summed E-state index contributed by atoms with van der Waals surface area (Å²) in [6.45, 7) is 9.48. The van der Waals surface area contributed by atoms with Crippen molar-refractivity contribution in [3.8, 4) is 11.5 Å². The number of nitrogens with one attached hydrogen (secondary N) is 1. The summed E-state index contributed by atoms with van der Waals surface area (Å²) in [6, 6.07) is 5.14. The molecule has 2 aromatic rings. The van der Waals surface area contributed by atoms with Gasteiger partial charge >= 0.3 is 0 Å². The molecule has 0 aliphatic rings. The highest BCUT2D eigenvalue weighted by Crippen LogP contribution is 2.28. The molecule has 7 heteroatoms. The summed E-state index contributed by atoms with van der Waals surface area (Å²) in [5.74, 6) is 1.30. The van der Waals surface area contributed by atoms with E-state index in [1.54, 1.807) is 35.4 Å². The highest BCUT2D eigenvalue weighted by atomic mass is 16.5. The van der Waals surface area contributed by atoms with E-state index in [1.165, 1.54) is 0 Å². The van der Waals surface area contributed by atoms with Crippen molar-refractivity contribution in [2.24, 2.45) is 5.92 Å². The highest BCUT2D eigenvalue weighted by molar-refractivity contribution is 5.95. The molecule has 25 heavy (non-hydrogen) atoms. The lowest BCUT2D eigenvalue weighted by Gasteiger charge is -2.22. The Bertz CT molecular complexity index is 671. The van der Waals surface area contributed by atoms with E-state index in [0.717, 1.165) is 0 Å². The summed E-state index contributed by atoms with van der Waals surface area (Å²) in [6.07, 6.45) is 3.25. The molecule has 1 heterocycles. The summed E-state index contributed by atoms with van der Waals surface area (Å²) in [5, 5.41) is 11.3. The van der Waals surface area contributed by atoms with Gasteiger partial charge in [-0.1, -0.05) is 13.8 Å². The van der Waals surface area contributed by atoms with E-state index in [4.69, 9.17) is 9.47 Å². The number of aromatic nitrogens is 3. The molecule has 0 fully saturated rings. The third-order valence-corrected chi connectivity index (χ3v) is 3.75. The Morgan fingerprint density at radius 1 is 1.12 bits per heavy atom. The van der Waals surface area contributed by atoms with Crippen LogP contribution in [0.1, 0.15) is 38.1 Å². The summed E-state index contributed by atoms with van der Waals surface area (Å²) in [7, 11) is 0. The molecule has 0 bridgehead atoms. The van der Waals surface area contributed by atoms with Gasteiger partial charge < -0.3 is 14.8 Å². The Kier molecular flexibility index (Phi) is 6.80. The second-order valence-electron chi connectivity index (χ2n) is 5.94. The van der Waals surface area contributed by atoms with Gasteiger partial charge in [0.05, 0.1) is 38.2 Å². The number of carbonyl (C=O) groups excluding carboxylic acids is 1. The summed E-state index contributed by atoms with van der Waals surface area (Å²) < 4.78 is 11.1. The summed E-state index contributed by atoms with van der Waals surface area (Å²) in [5.41, 5.74) is 0.533. The number of carbonyl (C=O) groups is 1. The van der Waals surface area contributed by atoms with Crippen LogP contribution >= 0.6 is 0 Å². The first-order valence-corrected chi connectivity index (χ1v) is 8.59. The van der Waals surface area contributed by atoms with Crippen molar-refractivity contribution in [2.45, 2.75) is 40.3 Å².